The summed E-state index contributed by atoms with van der Waals surface area (Å²) in [7, 11) is 1.62. The minimum atomic E-state index is -4.31. The monoisotopic (exact) mass is 979 g/mol. The van der Waals surface area contributed by atoms with E-state index in [9.17, 15) is 14.3 Å². The Morgan fingerprint density at radius 2 is 0.797 bits per heavy atom. The van der Waals surface area contributed by atoms with Gasteiger partial charge in [-0.2, -0.15) is 0 Å². The smallest absolute Gasteiger partial charge is 0.457 e. The van der Waals surface area contributed by atoms with Crippen LogP contribution in [-0.4, -0.2) is 75.6 Å². The SMILES string of the molecule is CC/C=C\C/C=C\C/C=C\C/C=C\C/C=C\C/C=C\CCCCCOCC(COP(=O)(O)OCC[N+](C)(C)C)OC(=O)CCCCCCCCCCC/C=C\C/C=C\C/C=C\C/C=C\C/C=C\CC. The van der Waals surface area contributed by atoms with Gasteiger partial charge in [0.25, 0.3) is 0 Å². The molecule has 69 heavy (non-hydrogen) atoms. The Hall–Kier alpha value is -3.36. The topological polar surface area (TPSA) is 91.3 Å². The number of phosphoric ester groups is 1. The average molecular weight is 979 g/mol. The lowest BCUT2D eigenvalue weighted by Gasteiger charge is -2.24. The van der Waals surface area contributed by atoms with Crippen LogP contribution in [0, 0.1) is 0 Å². The van der Waals surface area contributed by atoms with Gasteiger partial charge in [0, 0.05) is 13.0 Å². The zero-order valence-corrected chi connectivity index (χ0v) is 45.4. The van der Waals surface area contributed by atoms with Crippen molar-refractivity contribution in [1.82, 2.24) is 0 Å². The molecule has 0 radical (unpaired) electrons. The fraction of sp³-hybridized carbons (Fsp3) is 0.617. The molecule has 2 unspecified atom stereocenters. The second-order valence-electron chi connectivity index (χ2n) is 18.5. The van der Waals surface area contributed by atoms with E-state index in [1.165, 1.54) is 38.5 Å². The first-order chi connectivity index (χ1) is 33.6. The molecular formula is C60H101NO7P+. The van der Waals surface area contributed by atoms with Crippen LogP contribution in [0.1, 0.15) is 181 Å². The first kappa shape index (κ1) is 65.6. The summed E-state index contributed by atoms with van der Waals surface area (Å²) >= 11 is 0. The van der Waals surface area contributed by atoms with E-state index in [0.29, 0.717) is 24.1 Å². The zero-order valence-electron chi connectivity index (χ0n) is 44.5. The van der Waals surface area contributed by atoms with Crippen molar-refractivity contribution in [3.8, 4) is 0 Å². The number of allylic oxidation sites excluding steroid dienone is 22. The van der Waals surface area contributed by atoms with Crippen molar-refractivity contribution in [2.75, 3.05) is 54.1 Å². The van der Waals surface area contributed by atoms with Crippen molar-refractivity contribution in [1.29, 1.82) is 0 Å². The Kier molecular flexibility index (Phi) is 48.5. The minimum absolute atomic E-state index is 0.0720. The predicted octanol–water partition coefficient (Wildman–Crippen LogP) is 17.1. The standard InChI is InChI=1S/C60H100NO7P/c1-6-8-10-12-14-16-18-20-22-24-26-28-30-31-32-33-35-37-39-41-43-45-47-49-51-53-60(62)68-59(58-67-69(63,64)66-56-54-61(3,4)5)57-65-55-52-50-48-46-44-42-40-38-36-34-29-27-25-23-21-19-17-15-13-11-9-7-2/h8-11,14-17,20-23,26-29,31-32,36,38,42,44,59H,6-7,12-13,18-19,24-25,30,33-35,37,39-41,43,45-58H2,1-5H3/p+1/b10-8-,11-9-,16-14-,17-15-,22-20-,23-21-,28-26-,29-27-,32-31-,38-36-,44-42-. The molecule has 392 valence electrons. The normalized spacial score (nSPS) is 14.6. The summed E-state index contributed by atoms with van der Waals surface area (Å²) in [5.41, 5.74) is 0. The molecule has 2 atom stereocenters. The number of unbranched alkanes of at least 4 members (excludes halogenated alkanes) is 12. The summed E-state index contributed by atoms with van der Waals surface area (Å²) in [5.74, 6) is -0.338. The van der Waals surface area contributed by atoms with Crippen molar-refractivity contribution < 1.29 is 37.3 Å². The van der Waals surface area contributed by atoms with Crippen molar-refractivity contribution >= 4 is 13.8 Å². The minimum Gasteiger partial charge on any atom is -0.457 e. The van der Waals surface area contributed by atoms with Gasteiger partial charge in [0.05, 0.1) is 34.4 Å². The Bertz CT molecular complexity index is 1560. The Morgan fingerprint density at radius 1 is 0.449 bits per heavy atom. The number of rotatable bonds is 48. The molecule has 0 saturated carbocycles. The van der Waals surface area contributed by atoms with Crippen molar-refractivity contribution in [2.24, 2.45) is 0 Å². The number of likely N-dealkylation sites (N-methyl/N-ethyl adjacent to an activating group) is 1. The quantitative estimate of drug-likeness (QED) is 0.0213. The summed E-state index contributed by atoms with van der Waals surface area (Å²) in [6.07, 6.45) is 75.1. The number of hydrogen-bond donors (Lipinski definition) is 1. The van der Waals surface area contributed by atoms with Crippen LogP contribution in [-0.2, 0) is 27.9 Å². The molecule has 0 amide bonds. The molecule has 0 aromatic heterocycles. The van der Waals surface area contributed by atoms with Gasteiger partial charge in [0.2, 0.25) is 0 Å². The van der Waals surface area contributed by atoms with Gasteiger partial charge >= 0.3 is 13.8 Å². The van der Waals surface area contributed by atoms with Crippen molar-refractivity contribution in [2.45, 2.75) is 187 Å². The maximum atomic E-state index is 12.8. The van der Waals surface area contributed by atoms with Crippen LogP contribution in [0.2, 0.25) is 0 Å². The summed E-state index contributed by atoms with van der Waals surface area (Å²) in [6.45, 7) is 5.27. The molecule has 0 aliphatic carbocycles. The van der Waals surface area contributed by atoms with Gasteiger partial charge in [-0.3, -0.25) is 13.8 Å². The molecule has 0 aromatic carbocycles. The molecule has 0 bridgehead atoms. The highest BCUT2D eigenvalue weighted by Crippen LogP contribution is 2.43. The predicted molar refractivity (Wildman–Crippen MR) is 297 cm³/mol. The number of carbonyl (C=O) groups excluding carboxylic acids is 1. The van der Waals surface area contributed by atoms with Gasteiger partial charge in [-0.05, 0) is 109 Å². The third-order valence-corrected chi connectivity index (χ3v) is 11.7. The number of esters is 1. The summed E-state index contributed by atoms with van der Waals surface area (Å²) in [4.78, 5) is 23.1. The van der Waals surface area contributed by atoms with Crippen LogP contribution < -0.4 is 0 Å². The number of nitrogens with zero attached hydrogens (tertiary/aromatic N) is 1. The lowest BCUT2D eigenvalue weighted by molar-refractivity contribution is -0.870. The molecule has 0 fully saturated rings. The van der Waals surface area contributed by atoms with E-state index in [4.69, 9.17) is 18.5 Å². The third-order valence-electron chi connectivity index (χ3n) is 10.7. The first-order valence-electron chi connectivity index (χ1n) is 26.9. The van der Waals surface area contributed by atoms with E-state index in [1.54, 1.807) is 0 Å². The van der Waals surface area contributed by atoms with Gasteiger partial charge in [-0.1, -0.05) is 199 Å². The van der Waals surface area contributed by atoms with Gasteiger partial charge in [0.15, 0.2) is 0 Å². The number of hydrogen-bond acceptors (Lipinski definition) is 6. The fourth-order valence-corrected chi connectivity index (χ4v) is 7.38. The van der Waals surface area contributed by atoms with E-state index >= 15 is 0 Å². The highest BCUT2D eigenvalue weighted by molar-refractivity contribution is 7.47. The molecular weight excluding hydrogens is 878 g/mol. The Balaban J connectivity index is 4.24. The van der Waals surface area contributed by atoms with Crippen LogP contribution in [0.25, 0.3) is 0 Å². The molecule has 0 heterocycles. The fourth-order valence-electron chi connectivity index (χ4n) is 6.64. The second-order valence-corrected chi connectivity index (χ2v) is 19.9. The van der Waals surface area contributed by atoms with Crippen molar-refractivity contribution in [3.63, 3.8) is 0 Å². The van der Waals surface area contributed by atoms with Crippen LogP contribution >= 0.6 is 7.82 Å². The molecule has 0 spiro atoms. The highest BCUT2D eigenvalue weighted by atomic mass is 31.2. The number of carbonyl (C=O) groups is 1. The van der Waals surface area contributed by atoms with E-state index in [1.807, 2.05) is 21.1 Å². The molecule has 9 heteroatoms. The molecule has 0 aliphatic rings. The molecule has 0 aliphatic heterocycles. The maximum absolute atomic E-state index is 12.8. The van der Waals surface area contributed by atoms with Gasteiger partial charge < -0.3 is 18.9 Å². The van der Waals surface area contributed by atoms with Crippen LogP contribution in [0.5, 0.6) is 0 Å². The molecule has 1 N–H and O–H groups in total. The molecule has 0 aromatic rings. The first-order valence-corrected chi connectivity index (χ1v) is 28.4. The lowest BCUT2D eigenvalue weighted by atomic mass is 10.1. The third kappa shape index (κ3) is 55.4. The largest absolute Gasteiger partial charge is 0.472 e. The summed E-state index contributed by atoms with van der Waals surface area (Å²) < 4.78 is 35.1. The summed E-state index contributed by atoms with van der Waals surface area (Å²) in [6, 6.07) is 0. The number of phosphoric acid groups is 1. The van der Waals surface area contributed by atoms with Crippen molar-refractivity contribution in [3.05, 3.63) is 134 Å². The second kappa shape index (κ2) is 51.0. The van der Waals surface area contributed by atoms with Gasteiger partial charge in [0.1, 0.15) is 19.3 Å². The number of quaternary nitrogens is 1. The van der Waals surface area contributed by atoms with Crippen LogP contribution in [0.3, 0.4) is 0 Å². The Morgan fingerprint density at radius 3 is 1.19 bits per heavy atom. The molecule has 0 saturated heterocycles. The lowest BCUT2D eigenvalue weighted by Crippen LogP contribution is -2.37. The summed E-state index contributed by atoms with van der Waals surface area (Å²) in [5, 5.41) is 0. The number of ether oxygens (including phenoxy) is 2. The molecule has 0 rings (SSSR count). The van der Waals surface area contributed by atoms with E-state index in [0.717, 1.165) is 122 Å². The maximum Gasteiger partial charge on any atom is 0.472 e. The average Bonchev–Trinajstić information content (AvgIpc) is 3.31. The van der Waals surface area contributed by atoms with Gasteiger partial charge in [-0.15, -0.1) is 0 Å². The van der Waals surface area contributed by atoms with E-state index < -0.39 is 13.9 Å². The van der Waals surface area contributed by atoms with E-state index in [-0.39, 0.29) is 25.8 Å². The Labute approximate surface area is 424 Å². The van der Waals surface area contributed by atoms with Crippen LogP contribution in [0.15, 0.2) is 134 Å². The van der Waals surface area contributed by atoms with Gasteiger partial charge in [-0.25, -0.2) is 4.57 Å². The van der Waals surface area contributed by atoms with E-state index in [2.05, 4.69) is 148 Å². The van der Waals surface area contributed by atoms with Crippen LogP contribution in [0.4, 0.5) is 0 Å². The zero-order chi connectivity index (χ0) is 50.5. The molecule has 8 nitrogen and oxygen atoms in total. The highest BCUT2D eigenvalue weighted by Gasteiger charge is 2.26.